The number of methoxy groups -OCH3 is 1. The van der Waals surface area contributed by atoms with Gasteiger partial charge in [-0.1, -0.05) is 53.4 Å². The average Bonchev–Trinajstić information content (AvgIpc) is 3.15. The number of anilines is 2. The van der Waals surface area contributed by atoms with Crippen molar-refractivity contribution in [2.24, 2.45) is 0 Å². The van der Waals surface area contributed by atoms with Gasteiger partial charge < -0.3 is 19.5 Å². The number of aromatic nitrogens is 1. The number of nitrogens with one attached hydrogen (secondary N) is 1. The van der Waals surface area contributed by atoms with Crippen molar-refractivity contribution in [1.82, 2.24) is 4.98 Å². The van der Waals surface area contributed by atoms with E-state index in [-0.39, 0.29) is 10.8 Å². The molecule has 4 aromatic rings. The highest BCUT2D eigenvalue weighted by atomic mass is 32.2. The number of para-hydroxylation sites is 2. The highest BCUT2D eigenvalue weighted by Gasteiger charge is 2.22. The molecule has 1 aromatic heterocycles. The first-order valence-electron chi connectivity index (χ1n) is 10.5. The minimum atomic E-state index is -0.270. The number of rotatable bonds is 7. The fourth-order valence-corrected chi connectivity index (χ4v) is 5.72. The highest BCUT2D eigenvalue weighted by molar-refractivity contribution is 7.99. The molecule has 1 aliphatic rings. The number of hydrogen-bond acceptors (Lipinski definition) is 7. The van der Waals surface area contributed by atoms with Gasteiger partial charge in [0.15, 0.2) is 11.5 Å². The lowest BCUT2D eigenvalue weighted by molar-refractivity contribution is 0.301. The normalized spacial score (nSPS) is 12.2. The third kappa shape index (κ3) is 4.44. The van der Waals surface area contributed by atoms with Gasteiger partial charge in [0.1, 0.15) is 6.61 Å². The summed E-state index contributed by atoms with van der Waals surface area (Å²) in [6.45, 7) is 1.16. The summed E-state index contributed by atoms with van der Waals surface area (Å²) < 4.78 is 11.7. The van der Waals surface area contributed by atoms with Gasteiger partial charge in [-0.3, -0.25) is 9.78 Å². The Morgan fingerprint density at radius 2 is 1.67 bits per heavy atom. The van der Waals surface area contributed by atoms with E-state index in [9.17, 15) is 9.90 Å². The van der Waals surface area contributed by atoms with Gasteiger partial charge in [0.25, 0.3) is 0 Å². The molecule has 0 radical (unpaired) electrons. The second kappa shape index (κ2) is 9.25. The molecule has 0 aliphatic carbocycles. The zero-order valence-electron chi connectivity index (χ0n) is 17.9. The second-order valence-electron chi connectivity index (χ2n) is 7.49. The molecule has 168 valence electrons. The van der Waals surface area contributed by atoms with Gasteiger partial charge in [-0.2, -0.15) is 0 Å². The first-order valence-corrected chi connectivity index (χ1v) is 12.1. The number of aromatic hydroxyl groups is 1. The molecule has 6 nitrogen and oxygen atoms in total. The van der Waals surface area contributed by atoms with Crippen LogP contribution in [0, 0.1) is 0 Å². The second-order valence-corrected chi connectivity index (χ2v) is 9.64. The standard InChI is InChI=1S/C25H22N2O4S2/c1-30-20-14-16(15-23-24(28)26-25(29)33-23)10-11-19(20)31-13-12-27-17-6-2-4-8-21(17)32-22-9-5-3-7-18(22)27/h2-11,14,28H,12-13,15H2,1H3,(H,26,29). The number of nitrogens with zero attached hydrogens (tertiary/aromatic N) is 1. The summed E-state index contributed by atoms with van der Waals surface area (Å²) in [6, 6.07) is 22.5. The number of fused-ring (bicyclic) bond motifs is 2. The largest absolute Gasteiger partial charge is 0.494 e. The topological polar surface area (TPSA) is 74.8 Å². The minimum absolute atomic E-state index is 0.0791. The summed E-state index contributed by atoms with van der Waals surface area (Å²) in [7, 11) is 1.60. The number of thiazole rings is 1. The maximum Gasteiger partial charge on any atom is 0.307 e. The lowest BCUT2D eigenvalue weighted by atomic mass is 10.1. The van der Waals surface area contributed by atoms with Crippen molar-refractivity contribution in [1.29, 1.82) is 0 Å². The van der Waals surface area contributed by atoms with Crippen LogP contribution < -0.4 is 19.2 Å². The summed E-state index contributed by atoms with van der Waals surface area (Å²) in [5, 5.41) is 9.85. The van der Waals surface area contributed by atoms with Crippen molar-refractivity contribution in [3.63, 3.8) is 0 Å². The van der Waals surface area contributed by atoms with Crippen LogP contribution in [0.4, 0.5) is 11.4 Å². The third-order valence-electron chi connectivity index (χ3n) is 5.40. The predicted molar refractivity (Wildman–Crippen MR) is 132 cm³/mol. The van der Waals surface area contributed by atoms with E-state index in [1.165, 1.54) is 21.2 Å². The molecule has 1 aliphatic heterocycles. The van der Waals surface area contributed by atoms with Crippen molar-refractivity contribution in [3.05, 3.63) is 86.8 Å². The minimum Gasteiger partial charge on any atom is -0.494 e. The van der Waals surface area contributed by atoms with Crippen LogP contribution in [0.3, 0.4) is 0 Å². The van der Waals surface area contributed by atoms with Gasteiger partial charge in [-0.05, 0) is 42.0 Å². The summed E-state index contributed by atoms with van der Waals surface area (Å²) in [5.74, 6) is 1.19. The van der Waals surface area contributed by atoms with E-state index in [2.05, 4.69) is 58.4 Å². The van der Waals surface area contributed by atoms with Crippen LogP contribution in [0.15, 0.2) is 81.3 Å². The molecule has 0 atom stereocenters. The van der Waals surface area contributed by atoms with Crippen molar-refractivity contribution in [3.8, 4) is 17.4 Å². The van der Waals surface area contributed by atoms with Crippen LogP contribution in [0.25, 0.3) is 0 Å². The van der Waals surface area contributed by atoms with Gasteiger partial charge in [-0.15, -0.1) is 0 Å². The van der Waals surface area contributed by atoms with E-state index in [0.717, 1.165) is 16.9 Å². The molecule has 0 saturated carbocycles. The molecule has 0 unspecified atom stereocenters. The summed E-state index contributed by atoms with van der Waals surface area (Å²) in [4.78, 5) is 18.9. The Labute approximate surface area is 199 Å². The molecule has 33 heavy (non-hydrogen) atoms. The van der Waals surface area contributed by atoms with Crippen molar-refractivity contribution >= 4 is 34.5 Å². The van der Waals surface area contributed by atoms with Crippen molar-refractivity contribution < 1.29 is 14.6 Å². The molecule has 0 fully saturated rings. The number of ether oxygens (including phenoxy) is 2. The number of benzene rings is 3. The molecule has 8 heteroatoms. The quantitative estimate of drug-likeness (QED) is 0.369. The Morgan fingerprint density at radius 3 is 2.30 bits per heavy atom. The van der Waals surface area contributed by atoms with Gasteiger partial charge in [0.2, 0.25) is 5.88 Å². The Morgan fingerprint density at radius 1 is 0.970 bits per heavy atom. The van der Waals surface area contributed by atoms with E-state index in [1.807, 2.05) is 18.2 Å². The fourth-order valence-electron chi connectivity index (χ4n) is 3.87. The molecular weight excluding hydrogens is 456 g/mol. The highest BCUT2D eigenvalue weighted by Crippen LogP contribution is 2.47. The van der Waals surface area contributed by atoms with Gasteiger partial charge in [0.05, 0.1) is 29.9 Å². The maximum atomic E-state index is 11.4. The van der Waals surface area contributed by atoms with Crippen LogP contribution in [0.1, 0.15) is 10.4 Å². The molecular formula is C25H22N2O4S2. The van der Waals surface area contributed by atoms with Gasteiger partial charge >= 0.3 is 4.87 Å². The van der Waals surface area contributed by atoms with E-state index >= 15 is 0 Å². The van der Waals surface area contributed by atoms with Crippen LogP contribution >= 0.6 is 23.1 Å². The Balaban J connectivity index is 1.31. The molecule has 3 aromatic carbocycles. The Kier molecular flexibility index (Phi) is 6.02. The van der Waals surface area contributed by atoms with E-state index in [1.54, 1.807) is 18.9 Å². The lowest BCUT2D eigenvalue weighted by Crippen LogP contribution is -2.26. The number of H-pyrrole nitrogens is 1. The summed E-state index contributed by atoms with van der Waals surface area (Å²) >= 11 is 2.79. The summed E-state index contributed by atoms with van der Waals surface area (Å²) in [5.41, 5.74) is 3.27. The zero-order valence-corrected chi connectivity index (χ0v) is 19.5. The van der Waals surface area contributed by atoms with Crippen LogP contribution in [-0.2, 0) is 6.42 Å². The van der Waals surface area contributed by atoms with Crippen LogP contribution in [0.5, 0.6) is 17.4 Å². The van der Waals surface area contributed by atoms with E-state index in [0.29, 0.717) is 35.9 Å². The molecule has 0 spiro atoms. The SMILES string of the molecule is COc1cc(Cc2sc(=O)[nH]c2O)ccc1OCCN1c2ccccc2Sc2ccccc21. The summed E-state index contributed by atoms with van der Waals surface area (Å²) in [6.07, 6.45) is 0.435. The predicted octanol–water partition coefficient (Wildman–Crippen LogP) is 5.42. The Bertz CT molecular complexity index is 1300. The van der Waals surface area contributed by atoms with Gasteiger partial charge in [-0.25, -0.2) is 0 Å². The monoisotopic (exact) mass is 478 g/mol. The van der Waals surface area contributed by atoms with E-state index in [4.69, 9.17) is 9.47 Å². The fraction of sp³-hybridized carbons (Fsp3) is 0.160. The molecule has 0 amide bonds. The molecule has 0 saturated heterocycles. The van der Waals surface area contributed by atoms with Crippen molar-refractivity contribution in [2.75, 3.05) is 25.2 Å². The van der Waals surface area contributed by atoms with E-state index < -0.39 is 0 Å². The maximum absolute atomic E-state index is 11.4. The smallest absolute Gasteiger partial charge is 0.307 e. The zero-order chi connectivity index (χ0) is 22.8. The average molecular weight is 479 g/mol. The molecule has 2 heterocycles. The van der Waals surface area contributed by atoms with Crippen LogP contribution in [0.2, 0.25) is 0 Å². The first-order chi connectivity index (χ1) is 16.1. The number of aromatic amines is 1. The first kappa shape index (κ1) is 21.5. The number of hydrogen-bond donors (Lipinski definition) is 2. The Hall–Kier alpha value is -3.36. The van der Waals surface area contributed by atoms with Crippen LogP contribution in [-0.4, -0.2) is 30.4 Å². The third-order valence-corrected chi connectivity index (χ3v) is 7.40. The molecule has 0 bridgehead atoms. The molecule has 2 N–H and O–H groups in total. The van der Waals surface area contributed by atoms with Crippen molar-refractivity contribution in [2.45, 2.75) is 16.2 Å². The lowest BCUT2D eigenvalue weighted by Gasteiger charge is -2.32. The van der Waals surface area contributed by atoms with Gasteiger partial charge in [0, 0.05) is 16.2 Å². The molecule has 5 rings (SSSR count).